The molecule has 1 heteroatoms. The molecule has 1 aromatic rings. The summed E-state index contributed by atoms with van der Waals surface area (Å²) in [5.41, 5.74) is 3.77. The Bertz CT molecular complexity index is 276. The molecule has 0 N–H and O–H groups in total. The molecule has 0 spiro atoms. The first kappa shape index (κ1) is 8.98. The van der Waals surface area contributed by atoms with Gasteiger partial charge in [-0.25, -0.2) is 0 Å². The molecule has 0 aliphatic carbocycles. The molecule has 0 heterocycles. The second-order valence-corrected chi connectivity index (χ2v) is 2.93. The van der Waals surface area contributed by atoms with Gasteiger partial charge in [0, 0.05) is 6.42 Å². The minimum atomic E-state index is 0.541. The van der Waals surface area contributed by atoms with E-state index in [1.165, 1.54) is 11.1 Å². The molecule has 0 amide bonds. The smallest absolute Gasteiger partial charge is 0.124 e. The van der Waals surface area contributed by atoms with Gasteiger partial charge in [-0.1, -0.05) is 25.1 Å². The Kier molecular flexibility index (Phi) is 3.03. The fourth-order valence-electron chi connectivity index (χ4n) is 1.43. The Morgan fingerprint density at radius 2 is 2.00 bits per heavy atom. The van der Waals surface area contributed by atoms with E-state index in [2.05, 4.69) is 19.9 Å². The van der Waals surface area contributed by atoms with E-state index in [9.17, 15) is 4.79 Å². The molecule has 0 saturated carbocycles. The Labute approximate surface area is 73.4 Å². The van der Waals surface area contributed by atoms with Crippen LogP contribution in [0.15, 0.2) is 18.2 Å². The van der Waals surface area contributed by atoms with Crippen molar-refractivity contribution in [1.29, 1.82) is 0 Å². The minimum Gasteiger partial charge on any atom is -0.303 e. The van der Waals surface area contributed by atoms with Crippen LogP contribution in [0.3, 0.4) is 0 Å². The molecule has 0 aliphatic rings. The molecule has 0 bridgehead atoms. The maximum atomic E-state index is 10.3. The highest BCUT2D eigenvalue weighted by Crippen LogP contribution is 2.13. The van der Waals surface area contributed by atoms with Gasteiger partial charge in [-0.3, -0.25) is 0 Å². The molecule has 0 fully saturated rings. The first-order chi connectivity index (χ1) is 5.79. The van der Waals surface area contributed by atoms with E-state index in [4.69, 9.17) is 0 Å². The van der Waals surface area contributed by atoms with Crippen LogP contribution in [0.25, 0.3) is 0 Å². The van der Waals surface area contributed by atoms with Gasteiger partial charge >= 0.3 is 0 Å². The number of hydrogen-bond acceptors (Lipinski definition) is 1. The lowest BCUT2D eigenvalue weighted by atomic mass is 9.99. The zero-order valence-corrected chi connectivity index (χ0v) is 7.63. The van der Waals surface area contributed by atoms with Crippen LogP contribution in [0.5, 0.6) is 0 Å². The molecule has 0 aromatic heterocycles. The van der Waals surface area contributed by atoms with E-state index >= 15 is 0 Å². The van der Waals surface area contributed by atoms with Crippen LogP contribution in [0, 0.1) is 6.92 Å². The summed E-state index contributed by atoms with van der Waals surface area (Å²) in [5, 5.41) is 0. The van der Waals surface area contributed by atoms with Crippen LogP contribution < -0.4 is 0 Å². The van der Waals surface area contributed by atoms with Crippen LogP contribution in [-0.4, -0.2) is 6.29 Å². The van der Waals surface area contributed by atoms with Crippen LogP contribution in [0.4, 0.5) is 0 Å². The number of aldehydes is 1. The van der Waals surface area contributed by atoms with Crippen molar-refractivity contribution in [3.05, 3.63) is 34.9 Å². The maximum absolute atomic E-state index is 10.3. The van der Waals surface area contributed by atoms with Crippen LogP contribution in [0.2, 0.25) is 0 Å². The van der Waals surface area contributed by atoms with E-state index in [1.807, 2.05) is 12.1 Å². The SMILES string of the molecule is CCc1cccc(CC=O)c1C. The fraction of sp³-hybridized carbons (Fsp3) is 0.364. The predicted molar refractivity (Wildman–Crippen MR) is 50.3 cm³/mol. The molecule has 1 aromatic carbocycles. The molecule has 0 radical (unpaired) electrons. The van der Waals surface area contributed by atoms with Crippen molar-refractivity contribution in [1.82, 2.24) is 0 Å². The lowest BCUT2D eigenvalue weighted by Gasteiger charge is -2.06. The minimum absolute atomic E-state index is 0.541. The van der Waals surface area contributed by atoms with Gasteiger partial charge in [0.05, 0.1) is 0 Å². The van der Waals surface area contributed by atoms with Gasteiger partial charge in [-0.2, -0.15) is 0 Å². The molecule has 1 nitrogen and oxygen atoms in total. The second kappa shape index (κ2) is 4.05. The lowest BCUT2D eigenvalue weighted by molar-refractivity contribution is -0.107. The first-order valence-corrected chi connectivity index (χ1v) is 4.30. The topological polar surface area (TPSA) is 17.1 Å². The Balaban J connectivity index is 3.04. The summed E-state index contributed by atoms with van der Waals surface area (Å²) in [6, 6.07) is 6.15. The zero-order chi connectivity index (χ0) is 8.97. The lowest BCUT2D eigenvalue weighted by Crippen LogP contribution is -1.94. The number of carbonyl (C=O) groups excluding carboxylic acids is 1. The van der Waals surface area contributed by atoms with Crippen LogP contribution in [-0.2, 0) is 17.6 Å². The molecular formula is C11H14O. The van der Waals surface area contributed by atoms with E-state index in [0.29, 0.717) is 6.42 Å². The van der Waals surface area contributed by atoms with Crippen LogP contribution >= 0.6 is 0 Å². The van der Waals surface area contributed by atoms with Gasteiger partial charge in [0.25, 0.3) is 0 Å². The standard InChI is InChI=1S/C11H14O/c1-3-10-5-4-6-11(7-8-12)9(10)2/h4-6,8H,3,7H2,1-2H3. The monoisotopic (exact) mass is 162 g/mol. The largest absolute Gasteiger partial charge is 0.303 e. The number of aryl methyl sites for hydroxylation is 1. The molecule has 0 aliphatic heterocycles. The van der Waals surface area contributed by atoms with Gasteiger partial charge in [-0.15, -0.1) is 0 Å². The Morgan fingerprint density at radius 3 is 2.58 bits per heavy atom. The number of hydrogen-bond donors (Lipinski definition) is 0. The molecule has 12 heavy (non-hydrogen) atoms. The average Bonchev–Trinajstić information content (AvgIpc) is 2.09. The van der Waals surface area contributed by atoms with Crippen molar-refractivity contribution in [3.63, 3.8) is 0 Å². The average molecular weight is 162 g/mol. The summed E-state index contributed by atoms with van der Waals surface area (Å²) < 4.78 is 0. The second-order valence-electron chi connectivity index (χ2n) is 2.93. The molecule has 0 saturated heterocycles. The predicted octanol–water partition coefficient (Wildman–Crippen LogP) is 2.30. The number of benzene rings is 1. The summed E-state index contributed by atoms with van der Waals surface area (Å²) in [6.07, 6.45) is 2.54. The summed E-state index contributed by atoms with van der Waals surface area (Å²) in [4.78, 5) is 10.3. The normalized spacial score (nSPS) is 9.83. The van der Waals surface area contributed by atoms with Crippen molar-refractivity contribution in [2.45, 2.75) is 26.7 Å². The van der Waals surface area contributed by atoms with Crippen molar-refractivity contribution in [3.8, 4) is 0 Å². The highest BCUT2D eigenvalue weighted by molar-refractivity contribution is 5.56. The van der Waals surface area contributed by atoms with Crippen molar-refractivity contribution < 1.29 is 4.79 Å². The Hall–Kier alpha value is -1.11. The highest BCUT2D eigenvalue weighted by Gasteiger charge is 2.00. The van der Waals surface area contributed by atoms with Gasteiger partial charge in [-0.05, 0) is 30.0 Å². The summed E-state index contributed by atoms with van der Waals surface area (Å²) in [5.74, 6) is 0. The maximum Gasteiger partial charge on any atom is 0.124 e. The summed E-state index contributed by atoms with van der Waals surface area (Å²) >= 11 is 0. The fourth-order valence-corrected chi connectivity index (χ4v) is 1.43. The zero-order valence-electron chi connectivity index (χ0n) is 7.63. The quantitative estimate of drug-likeness (QED) is 0.623. The van der Waals surface area contributed by atoms with Gasteiger partial charge in [0.15, 0.2) is 0 Å². The molecule has 1 rings (SSSR count). The Morgan fingerprint density at radius 1 is 1.33 bits per heavy atom. The van der Waals surface area contributed by atoms with E-state index in [1.54, 1.807) is 0 Å². The van der Waals surface area contributed by atoms with Crippen LogP contribution in [0.1, 0.15) is 23.6 Å². The third-order valence-electron chi connectivity index (χ3n) is 2.24. The first-order valence-electron chi connectivity index (χ1n) is 4.30. The molecule has 64 valence electrons. The van der Waals surface area contributed by atoms with Crippen molar-refractivity contribution in [2.75, 3.05) is 0 Å². The third-order valence-corrected chi connectivity index (χ3v) is 2.24. The van der Waals surface area contributed by atoms with E-state index < -0.39 is 0 Å². The van der Waals surface area contributed by atoms with Gasteiger partial charge in [0.2, 0.25) is 0 Å². The van der Waals surface area contributed by atoms with Crippen molar-refractivity contribution >= 4 is 6.29 Å². The summed E-state index contributed by atoms with van der Waals surface area (Å²) in [7, 11) is 0. The van der Waals surface area contributed by atoms with Gasteiger partial charge in [0.1, 0.15) is 6.29 Å². The number of carbonyl (C=O) groups is 1. The molecule has 0 unspecified atom stereocenters. The summed E-state index contributed by atoms with van der Waals surface area (Å²) in [6.45, 7) is 4.21. The third kappa shape index (κ3) is 1.73. The molecular weight excluding hydrogens is 148 g/mol. The number of rotatable bonds is 3. The van der Waals surface area contributed by atoms with Gasteiger partial charge < -0.3 is 4.79 Å². The molecule has 0 atom stereocenters. The van der Waals surface area contributed by atoms with E-state index in [0.717, 1.165) is 18.3 Å². The highest BCUT2D eigenvalue weighted by atomic mass is 16.1. The van der Waals surface area contributed by atoms with Crippen molar-refractivity contribution in [2.24, 2.45) is 0 Å². The van der Waals surface area contributed by atoms with E-state index in [-0.39, 0.29) is 0 Å².